The van der Waals surface area contributed by atoms with E-state index in [-0.39, 0.29) is 24.2 Å². The second-order valence-corrected chi connectivity index (χ2v) is 9.00. The maximum absolute atomic E-state index is 13.3. The maximum atomic E-state index is 13.3. The van der Waals surface area contributed by atoms with Crippen molar-refractivity contribution in [2.24, 2.45) is 0 Å². The molecule has 5 rings (SSSR count). The molecule has 1 aliphatic rings. The maximum Gasteiger partial charge on any atom is 0.329 e. The van der Waals surface area contributed by atoms with Crippen molar-refractivity contribution >= 4 is 27.7 Å². The number of hydrogen-bond acceptors (Lipinski definition) is 3. The summed E-state index contributed by atoms with van der Waals surface area (Å²) >= 11 is 0. The third kappa shape index (κ3) is 3.95. The molecule has 1 fully saturated rings. The van der Waals surface area contributed by atoms with E-state index in [9.17, 15) is 9.59 Å². The first-order valence-corrected chi connectivity index (χ1v) is 11.7. The summed E-state index contributed by atoms with van der Waals surface area (Å²) in [5.41, 5.74) is 4.30. The second kappa shape index (κ2) is 8.87. The number of imidazole rings is 1. The van der Waals surface area contributed by atoms with Crippen molar-refractivity contribution in [1.29, 1.82) is 0 Å². The Hall–Kier alpha value is -3.38. The van der Waals surface area contributed by atoms with E-state index in [2.05, 4.69) is 53.5 Å². The van der Waals surface area contributed by atoms with Gasteiger partial charge in [-0.15, -0.1) is 0 Å². The number of fused-ring (bicyclic) bond motifs is 2. The molecular formula is C27H30N4O2. The molecule has 33 heavy (non-hydrogen) atoms. The molecule has 3 aromatic carbocycles. The Morgan fingerprint density at radius 1 is 0.939 bits per heavy atom. The second-order valence-electron chi connectivity index (χ2n) is 9.00. The van der Waals surface area contributed by atoms with Gasteiger partial charge in [-0.1, -0.05) is 48.5 Å². The van der Waals surface area contributed by atoms with Gasteiger partial charge in [0.25, 0.3) is 0 Å². The Morgan fingerprint density at radius 2 is 1.61 bits per heavy atom. The third-order valence-electron chi connectivity index (χ3n) is 7.00. The number of likely N-dealkylation sites (N-methyl/N-ethyl adjacent to an activating group) is 1. The number of aryl methyl sites for hydroxylation is 1. The van der Waals surface area contributed by atoms with E-state index in [1.54, 1.807) is 11.6 Å². The lowest BCUT2D eigenvalue weighted by molar-refractivity contribution is -0.121. The van der Waals surface area contributed by atoms with Crippen molar-refractivity contribution in [3.05, 3.63) is 82.3 Å². The molecular weight excluding hydrogens is 412 g/mol. The minimum absolute atomic E-state index is 0.0438. The molecule has 1 amide bonds. The molecule has 4 aromatic rings. The molecule has 0 radical (unpaired) electrons. The van der Waals surface area contributed by atoms with Crippen LogP contribution in [0.2, 0.25) is 0 Å². The Balaban J connectivity index is 1.37. The molecule has 1 saturated heterocycles. The lowest BCUT2D eigenvalue weighted by atomic mass is 9.98. The molecule has 6 nitrogen and oxygen atoms in total. The van der Waals surface area contributed by atoms with Gasteiger partial charge in [-0.25, -0.2) is 4.79 Å². The van der Waals surface area contributed by atoms with Crippen LogP contribution < -0.4 is 11.0 Å². The molecule has 1 aromatic heterocycles. The summed E-state index contributed by atoms with van der Waals surface area (Å²) in [5.74, 6) is -0.167. The van der Waals surface area contributed by atoms with E-state index >= 15 is 0 Å². The molecule has 6 heteroatoms. The number of para-hydroxylation sites is 2. The number of carbonyl (C=O) groups is 1. The summed E-state index contributed by atoms with van der Waals surface area (Å²) in [5, 5.41) is 5.27. The van der Waals surface area contributed by atoms with Gasteiger partial charge < -0.3 is 5.32 Å². The van der Waals surface area contributed by atoms with Crippen LogP contribution in [-0.2, 0) is 17.9 Å². The van der Waals surface area contributed by atoms with Crippen LogP contribution in [0.4, 0.5) is 0 Å². The monoisotopic (exact) mass is 442 g/mol. The minimum Gasteiger partial charge on any atom is -0.358 e. The summed E-state index contributed by atoms with van der Waals surface area (Å²) in [4.78, 5) is 27.8. The number of nitrogens with zero attached hydrogens (tertiary/aromatic N) is 3. The summed E-state index contributed by atoms with van der Waals surface area (Å²) in [6.07, 6.45) is 1.83. The standard InChI is InChI=1S/C27H30N4O2/c1-19-11-12-20(23-8-4-3-7-22(19)23)17-29-15-13-21(14-16-29)31-25-10-6-5-9-24(25)30(27(31)33)18-26(32)28-2/h3-12,21H,13-18H2,1-2H3,(H,28,32). The Kier molecular flexibility index (Phi) is 5.77. The van der Waals surface area contributed by atoms with E-state index in [1.807, 2.05) is 28.8 Å². The highest BCUT2D eigenvalue weighted by Crippen LogP contribution is 2.28. The Bertz CT molecular complexity index is 1380. The first kappa shape index (κ1) is 21.5. The topological polar surface area (TPSA) is 59.3 Å². The largest absolute Gasteiger partial charge is 0.358 e. The van der Waals surface area contributed by atoms with Crippen LogP contribution >= 0.6 is 0 Å². The van der Waals surface area contributed by atoms with Gasteiger partial charge in [0.1, 0.15) is 6.54 Å². The molecule has 0 saturated carbocycles. The molecule has 0 unspecified atom stereocenters. The Morgan fingerprint density at radius 3 is 2.33 bits per heavy atom. The van der Waals surface area contributed by atoms with Gasteiger partial charge in [-0.3, -0.25) is 18.8 Å². The van der Waals surface area contributed by atoms with E-state index in [0.29, 0.717) is 0 Å². The number of hydrogen-bond donors (Lipinski definition) is 1. The fraction of sp³-hybridized carbons (Fsp3) is 0.333. The van der Waals surface area contributed by atoms with Crippen molar-refractivity contribution in [1.82, 2.24) is 19.4 Å². The smallest absolute Gasteiger partial charge is 0.329 e. The van der Waals surface area contributed by atoms with Gasteiger partial charge in [-0.05, 0) is 53.8 Å². The molecule has 0 spiro atoms. The SMILES string of the molecule is CNC(=O)Cn1c(=O)n(C2CCN(Cc3ccc(C)c4ccccc34)CC2)c2ccccc21. The van der Waals surface area contributed by atoms with Crippen molar-refractivity contribution < 1.29 is 4.79 Å². The lowest BCUT2D eigenvalue weighted by Gasteiger charge is -2.32. The Labute approximate surface area is 193 Å². The zero-order chi connectivity index (χ0) is 22.9. The number of likely N-dealkylation sites (tertiary alicyclic amines) is 1. The van der Waals surface area contributed by atoms with Crippen LogP contribution in [0, 0.1) is 6.92 Å². The molecule has 2 heterocycles. The summed E-state index contributed by atoms with van der Waals surface area (Å²) in [6.45, 7) is 5.00. The van der Waals surface area contributed by atoms with E-state index in [4.69, 9.17) is 0 Å². The van der Waals surface area contributed by atoms with Gasteiger partial charge in [0.05, 0.1) is 11.0 Å². The van der Waals surface area contributed by atoms with Crippen molar-refractivity contribution in [2.45, 2.75) is 38.9 Å². The number of nitrogens with one attached hydrogen (secondary N) is 1. The normalized spacial score (nSPS) is 15.3. The fourth-order valence-corrected chi connectivity index (χ4v) is 5.19. The first-order valence-electron chi connectivity index (χ1n) is 11.7. The zero-order valence-corrected chi connectivity index (χ0v) is 19.3. The first-order chi connectivity index (χ1) is 16.1. The van der Waals surface area contributed by atoms with Crippen molar-refractivity contribution in [3.63, 3.8) is 0 Å². The molecule has 0 bridgehead atoms. The average molecular weight is 443 g/mol. The lowest BCUT2D eigenvalue weighted by Crippen LogP contribution is -2.38. The van der Waals surface area contributed by atoms with Crippen LogP contribution in [-0.4, -0.2) is 40.1 Å². The average Bonchev–Trinajstić information content (AvgIpc) is 3.12. The predicted octanol–water partition coefficient (Wildman–Crippen LogP) is 3.85. The number of rotatable bonds is 5. The van der Waals surface area contributed by atoms with Gasteiger partial charge in [-0.2, -0.15) is 0 Å². The summed E-state index contributed by atoms with van der Waals surface area (Å²) < 4.78 is 3.51. The van der Waals surface area contributed by atoms with E-state index in [0.717, 1.165) is 43.5 Å². The van der Waals surface area contributed by atoms with Crippen molar-refractivity contribution in [2.75, 3.05) is 20.1 Å². The highest BCUT2D eigenvalue weighted by atomic mass is 16.2. The highest BCUT2D eigenvalue weighted by molar-refractivity contribution is 5.88. The van der Waals surface area contributed by atoms with Gasteiger partial charge in [0.15, 0.2) is 0 Å². The minimum atomic E-state index is -0.167. The summed E-state index contributed by atoms with van der Waals surface area (Å²) in [6, 6.07) is 21.0. The number of amides is 1. The van der Waals surface area contributed by atoms with E-state index in [1.165, 1.54) is 21.9 Å². The third-order valence-corrected chi connectivity index (χ3v) is 7.00. The zero-order valence-electron chi connectivity index (χ0n) is 19.3. The number of aromatic nitrogens is 2. The van der Waals surface area contributed by atoms with E-state index < -0.39 is 0 Å². The number of piperidine rings is 1. The quantitative estimate of drug-likeness (QED) is 0.511. The molecule has 1 N–H and O–H groups in total. The van der Waals surface area contributed by atoms with Crippen LogP contribution in [0.1, 0.15) is 30.0 Å². The molecule has 0 aliphatic carbocycles. The summed E-state index contributed by atoms with van der Waals surface area (Å²) in [7, 11) is 1.60. The number of carbonyl (C=O) groups excluding carboxylic acids is 1. The fourth-order valence-electron chi connectivity index (χ4n) is 5.19. The van der Waals surface area contributed by atoms with Crippen LogP contribution in [0.25, 0.3) is 21.8 Å². The molecule has 170 valence electrons. The van der Waals surface area contributed by atoms with Gasteiger partial charge in [0, 0.05) is 32.7 Å². The highest BCUT2D eigenvalue weighted by Gasteiger charge is 2.26. The van der Waals surface area contributed by atoms with Crippen LogP contribution in [0.3, 0.4) is 0 Å². The number of benzene rings is 3. The van der Waals surface area contributed by atoms with Gasteiger partial charge >= 0.3 is 5.69 Å². The predicted molar refractivity (Wildman–Crippen MR) is 132 cm³/mol. The molecule has 1 aliphatic heterocycles. The molecule has 0 atom stereocenters. The van der Waals surface area contributed by atoms with Crippen LogP contribution in [0.15, 0.2) is 65.5 Å². The van der Waals surface area contributed by atoms with Gasteiger partial charge in [0.2, 0.25) is 5.91 Å². The van der Waals surface area contributed by atoms with Crippen LogP contribution in [0.5, 0.6) is 0 Å². The van der Waals surface area contributed by atoms with Crippen molar-refractivity contribution in [3.8, 4) is 0 Å².